The van der Waals surface area contributed by atoms with E-state index in [2.05, 4.69) is 5.32 Å². The van der Waals surface area contributed by atoms with Gasteiger partial charge in [-0.25, -0.2) is 4.79 Å². The van der Waals surface area contributed by atoms with Crippen LogP contribution in [0.4, 0.5) is 10.5 Å². The molecule has 0 heterocycles. The van der Waals surface area contributed by atoms with E-state index < -0.39 is 33.3 Å². The molecule has 28 heavy (non-hydrogen) atoms. The molecular weight excluding hydrogens is 388 g/mol. The second kappa shape index (κ2) is 9.32. The van der Waals surface area contributed by atoms with Gasteiger partial charge in [-0.3, -0.25) is 14.2 Å². The molecule has 0 unspecified atom stereocenters. The fraction of sp³-hybridized carbons (Fsp3) is 0.353. The number of carbonyl (C=O) groups is 2. The minimum absolute atomic E-state index is 0.0242. The van der Waals surface area contributed by atoms with E-state index in [1.54, 1.807) is 26.8 Å². The molecule has 0 fully saturated rings. The van der Waals surface area contributed by atoms with Crippen LogP contribution < -0.4 is 11.1 Å². The van der Waals surface area contributed by atoms with Crippen LogP contribution in [0.3, 0.4) is 0 Å². The molecule has 0 aliphatic heterocycles. The van der Waals surface area contributed by atoms with Gasteiger partial charge in [0.2, 0.25) is 0 Å². The second-order valence-corrected chi connectivity index (χ2v) is 7.99. The summed E-state index contributed by atoms with van der Waals surface area (Å²) in [5.74, 6) is -0.826. The van der Waals surface area contributed by atoms with Crippen molar-refractivity contribution in [1.29, 1.82) is 5.26 Å². The Labute approximate surface area is 163 Å². The summed E-state index contributed by atoms with van der Waals surface area (Å²) in [5, 5.41) is 11.6. The molecule has 10 nitrogen and oxygen atoms in total. The summed E-state index contributed by atoms with van der Waals surface area (Å²) < 4.78 is 36.2. The van der Waals surface area contributed by atoms with Crippen LogP contribution in [0, 0.1) is 11.3 Å². The lowest BCUT2D eigenvalue weighted by Gasteiger charge is -2.25. The van der Waals surface area contributed by atoms with Gasteiger partial charge >= 0.3 is 6.09 Å². The molecular formula is C17H22N4O6S. The Balaban J connectivity index is 3.01. The zero-order chi connectivity index (χ0) is 21.5. The largest absolute Gasteiger partial charge is 0.443 e. The molecule has 0 bridgehead atoms. The molecule has 1 aromatic rings. The third-order valence-electron chi connectivity index (χ3n) is 3.06. The van der Waals surface area contributed by atoms with E-state index in [4.69, 9.17) is 15.0 Å². The third kappa shape index (κ3) is 7.36. The smallest absolute Gasteiger partial charge is 0.414 e. The number of nitrogens with one attached hydrogen (secondary N) is 1. The van der Waals surface area contributed by atoms with Crippen molar-refractivity contribution in [3.8, 4) is 6.07 Å². The van der Waals surface area contributed by atoms with Crippen LogP contribution in [-0.4, -0.2) is 48.6 Å². The molecule has 1 rings (SSSR count). The zero-order valence-corrected chi connectivity index (χ0v) is 16.5. The first-order valence-corrected chi connectivity index (χ1v) is 9.52. The van der Waals surface area contributed by atoms with Gasteiger partial charge < -0.3 is 15.8 Å². The fourth-order valence-electron chi connectivity index (χ4n) is 1.87. The van der Waals surface area contributed by atoms with Crippen LogP contribution >= 0.6 is 0 Å². The quantitative estimate of drug-likeness (QED) is 0.360. The Kier molecular flexibility index (Phi) is 7.69. The number of carbonyl (C=O) groups excluding carboxylic acids is 2. The lowest BCUT2D eigenvalue weighted by molar-refractivity contribution is -0.112. The molecule has 0 saturated heterocycles. The molecule has 0 aromatic heterocycles. The van der Waals surface area contributed by atoms with Gasteiger partial charge in [-0.2, -0.15) is 13.7 Å². The summed E-state index contributed by atoms with van der Waals surface area (Å²) in [6.07, 6.45) is 0.263. The highest BCUT2D eigenvalue weighted by Crippen LogP contribution is 2.15. The first-order valence-electron chi connectivity index (χ1n) is 8.08. The van der Waals surface area contributed by atoms with E-state index in [1.165, 1.54) is 12.1 Å². The van der Waals surface area contributed by atoms with Crippen LogP contribution in [-0.2, 0) is 19.6 Å². The summed E-state index contributed by atoms with van der Waals surface area (Å²) >= 11 is 0. The first-order chi connectivity index (χ1) is 12.9. The van der Waals surface area contributed by atoms with E-state index in [0.717, 1.165) is 23.2 Å². The van der Waals surface area contributed by atoms with E-state index in [0.29, 0.717) is 0 Å². The molecule has 0 spiro atoms. The second-order valence-electron chi connectivity index (χ2n) is 6.57. The highest BCUT2D eigenvalue weighted by molar-refractivity contribution is 7.85. The third-order valence-corrected chi connectivity index (χ3v) is 3.93. The molecule has 4 N–H and O–H groups in total. The number of hydrogen-bond acceptors (Lipinski definition) is 7. The van der Waals surface area contributed by atoms with Crippen LogP contribution in [0.15, 0.2) is 40.9 Å². The van der Waals surface area contributed by atoms with Gasteiger partial charge in [0.1, 0.15) is 17.2 Å². The van der Waals surface area contributed by atoms with Gasteiger partial charge in [0.15, 0.2) is 0 Å². The number of nitriles is 1. The Morgan fingerprint density at radius 2 is 1.89 bits per heavy atom. The minimum atomic E-state index is -4.36. The van der Waals surface area contributed by atoms with Gasteiger partial charge in [-0.15, -0.1) is 0 Å². The van der Waals surface area contributed by atoms with Gasteiger partial charge in [0.25, 0.3) is 16.0 Å². The lowest BCUT2D eigenvalue weighted by Crippen LogP contribution is -2.37. The summed E-state index contributed by atoms with van der Waals surface area (Å²) in [7, 11) is -4.36. The first kappa shape index (κ1) is 23.1. The van der Waals surface area contributed by atoms with Crippen molar-refractivity contribution in [3.05, 3.63) is 36.0 Å². The predicted molar refractivity (Wildman–Crippen MR) is 101 cm³/mol. The van der Waals surface area contributed by atoms with E-state index in [1.807, 2.05) is 0 Å². The molecule has 152 valence electrons. The number of rotatable bonds is 6. The van der Waals surface area contributed by atoms with E-state index in [9.17, 15) is 23.3 Å². The van der Waals surface area contributed by atoms with Crippen molar-refractivity contribution in [2.45, 2.75) is 31.3 Å². The van der Waals surface area contributed by atoms with Gasteiger partial charge in [0, 0.05) is 25.0 Å². The molecule has 2 amide bonds. The molecule has 0 aliphatic carbocycles. The molecule has 11 heteroatoms. The van der Waals surface area contributed by atoms with Gasteiger partial charge in [0.05, 0.1) is 4.90 Å². The number of amides is 2. The van der Waals surface area contributed by atoms with E-state index >= 15 is 0 Å². The highest BCUT2D eigenvalue weighted by Gasteiger charge is 2.22. The number of anilines is 1. The van der Waals surface area contributed by atoms with E-state index in [-0.39, 0.29) is 23.7 Å². The maximum Gasteiger partial charge on any atom is 0.414 e. The Hall–Kier alpha value is -2.94. The Morgan fingerprint density at radius 1 is 1.32 bits per heavy atom. The molecule has 0 atom stereocenters. The van der Waals surface area contributed by atoms with Crippen LogP contribution in [0.25, 0.3) is 0 Å². The van der Waals surface area contributed by atoms with Crippen molar-refractivity contribution < 1.29 is 27.3 Å². The van der Waals surface area contributed by atoms with Crippen LogP contribution in [0.1, 0.15) is 20.8 Å². The standard InChI is InChI=1S/C17H22N4O6S/c1-17(2,3)27-16(23)21(9-8-18)11-12(10-19)15(22)20-13-4-6-14(7-5-13)28(24,25)26/h4-7,11H,8-9,18H2,1-3H3,(H,20,22)(H,24,25,26)/b12-11-. The van der Waals surface area contributed by atoms with Crippen molar-refractivity contribution in [2.75, 3.05) is 18.4 Å². The normalized spacial score (nSPS) is 12.1. The number of ether oxygens (including phenoxy) is 1. The molecule has 0 saturated carbocycles. The Bertz CT molecular complexity index is 895. The average Bonchev–Trinajstić information content (AvgIpc) is 2.56. The fourth-order valence-corrected chi connectivity index (χ4v) is 2.35. The molecule has 0 aliphatic rings. The van der Waals surface area contributed by atoms with Crippen molar-refractivity contribution >= 4 is 27.8 Å². The number of hydrogen-bond donors (Lipinski definition) is 3. The monoisotopic (exact) mass is 410 g/mol. The topological polar surface area (TPSA) is 163 Å². The van der Waals surface area contributed by atoms with Gasteiger partial charge in [-0.05, 0) is 45.0 Å². The van der Waals surface area contributed by atoms with Gasteiger partial charge in [-0.1, -0.05) is 0 Å². The summed E-state index contributed by atoms with van der Waals surface area (Å²) in [6, 6.07) is 6.33. The summed E-state index contributed by atoms with van der Waals surface area (Å²) in [4.78, 5) is 25.2. The van der Waals surface area contributed by atoms with Crippen molar-refractivity contribution in [2.24, 2.45) is 5.73 Å². The summed E-state index contributed by atoms with van der Waals surface area (Å²) in [5.41, 5.74) is 4.48. The maximum atomic E-state index is 12.3. The summed E-state index contributed by atoms with van der Waals surface area (Å²) in [6.45, 7) is 5.11. The maximum absolute atomic E-state index is 12.3. The predicted octanol–water partition coefficient (Wildman–Crippen LogP) is 1.48. The zero-order valence-electron chi connectivity index (χ0n) is 15.7. The lowest BCUT2D eigenvalue weighted by atomic mass is 10.2. The number of benzene rings is 1. The number of nitrogens with zero attached hydrogens (tertiary/aromatic N) is 2. The van der Waals surface area contributed by atoms with Crippen molar-refractivity contribution in [1.82, 2.24) is 4.90 Å². The van der Waals surface area contributed by atoms with Crippen LogP contribution in [0.5, 0.6) is 0 Å². The average molecular weight is 410 g/mol. The molecule has 0 radical (unpaired) electrons. The van der Waals surface area contributed by atoms with Crippen molar-refractivity contribution in [3.63, 3.8) is 0 Å². The molecule has 1 aromatic carbocycles. The number of nitrogens with two attached hydrogens (primary N) is 1. The van der Waals surface area contributed by atoms with Crippen LogP contribution in [0.2, 0.25) is 0 Å². The highest BCUT2D eigenvalue weighted by atomic mass is 32.2. The Morgan fingerprint density at radius 3 is 2.32 bits per heavy atom. The minimum Gasteiger partial charge on any atom is -0.443 e. The SMILES string of the molecule is CC(C)(C)OC(=O)N(/C=C(/C#N)C(=O)Nc1ccc(S(=O)(=O)O)cc1)CCN.